The van der Waals surface area contributed by atoms with Crippen molar-refractivity contribution in [1.82, 2.24) is 15.0 Å². The maximum atomic E-state index is 14.2. The van der Waals surface area contributed by atoms with Crippen molar-refractivity contribution in [1.29, 1.82) is 0 Å². The SMILES string of the molecule is C=C1Nc2nc(nc3ncc(P(C)(C)=O)c(C(F)(F)F)c23)CCCCc2ccccc21. The number of hydrogen-bond donors (Lipinski definition) is 1. The molecule has 0 amide bonds. The molecule has 2 aromatic heterocycles. The first-order valence-corrected chi connectivity index (χ1v) is 12.5. The summed E-state index contributed by atoms with van der Waals surface area (Å²) in [6.45, 7) is 6.65. The predicted octanol–water partition coefficient (Wildman–Crippen LogP) is 5.25. The predicted molar refractivity (Wildman–Crippen MR) is 117 cm³/mol. The van der Waals surface area contributed by atoms with Crippen molar-refractivity contribution in [2.24, 2.45) is 0 Å². The van der Waals surface area contributed by atoms with E-state index in [1.165, 1.54) is 13.3 Å². The van der Waals surface area contributed by atoms with E-state index in [2.05, 4.69) is 26.8 Å². The third-order valence-corrected chi connectivity index (χ3v) is 6.82. The Bertz CT molecular complexity index is 1230. The van der Waals surface area contributed by atoms with Crippen LogP contribution in [0.5, 0.6) is 0 Å². The van der Waals surface area contributed by atoms with E-state index in [1.54, 1.807) is 0 Å². The normalized spacial score (nSPS) is 15.2. The monoisotopic (exact) mass is 446 g/mol. The van der Waals surface area contributed by atoms with Crippen LogP contribution in [-0.2, 0) is 23.6 Å². The fourth-order valence-corrected chi connectivity index (χ4v) is 4.98. The van der Waals surface area contributed by atoms with Crippen LogP contribution >= 0.6 is 7.14 Å². The fourth-order valence-electron chi connectivity index (χ4n) is 3.87. The van der Waals surface area contributed by atoms with E-state index in [0.29, 0.717) is 17.9 Å². The largest absolute Gasteiger partial charge is 0.418 e. The Morgan fingerprint density at radius 3 is 2.52 bits per heavy atom. The van der Waals surface area contributed by atoms with Crippen LogP contribution in [0.15, 0.2) is 37.0 Å². The molecule has 1 aromatic carbocycles. The summed E-state index contributed by atoms with van der Waals surface area (Å²) in [6, 6.07) is 7.66. The van der Waals surface area contributed by atoms with Gasteiger partial charge in [0.05, 0.1) is 10.9 Å². The zero-order valence-electron chi connectivity index (χ0n) is 17.3. The number of hydrogen-bond acceptors (Lipinski definition) is 5. The van der Waals surface area contributed by atoms with Crippen LogP contribution in [0, 0.1) is 0 Å². The lowest BCUT2D eigenvalue weighted by Gasteiger charge is -2.20. The van der Waals surface area contributed by atoms with Gasteiger partial charge in [0.1, 0.15) is 18.8 Å². The van der Waals surface area contributed by atoms with Gasteiger partial charge in [-0.1, -0.05) is 30.8 Å². The summed E-state index contributed by atoms with van der Waals surface area (Å²) in [5.74, 6) is 0.398. The van der Waals surface area contributed by atoms with Crippen molar-refractivity contribution >= 4 is 35.0 Å². The van der Waals surface area contributed by atoms with Crippen LogP contribution in [0.2, 0.25) is 0 Å². The second-order valence-corrected chi connectivity index (χ2v) is 11.2. The minimum atomic E-state index is -4.76. The van der Waals surface area contributed by atoms with E-state index in [1.807, 2.05) is 24.3 Å². The number of anilines is 1. The second kappa shape index (κ2) is 7.75. The Kier molecular flexibility index (Phi) is 5.38. The highest BCUT2D eigenvalue weighted by Gasteiger charge is 2.40. The maximum absolute atomic E-state index is 14.2. The first kappa shape index (κ1) is 21.5. The number of nitrogens with zero attached hydrogens (tertiary/aromatic N) is 3. The molecule has 5 nitrogen and oxygen atoms in total. The molecule has 4 rings (SSSR count). The lowest BCUT2D eigenvalue weighted by Crippen LogP contribution is -2.22. The highest BCUT2D eigenvalue weighted by atomic mass is 31.2. The number of rotatable bonds is 1. The van der Waals surface area contributed by atoms with Gasteiger partial charge in [-0.05, 0) is 38.2 Å². The Morgan fingerprint density at radius 2 is 1.81 bits per heavy atom. The molecule has 0 atom stereocenters. The molecule has 9 heteroatoms. The van der Waals surface area contributed by atoms with Crippen LogP contribution < -0.4 is 10.6 Å². The van der Waals surface area contributed by atoms with Crippen molar-refractivity contribution in [3.8, 4) is 0 Å². The minimum absolute atomic E-state index is 0.0168. The van der Waals surface area contributed by atoms with Gasteiger partial charge in [-0.3, -0.25) is 0 Å². The second-order valence-electron chi connectivity index (χ2n) is 8.02. The van der Waals surface area contributed by atoms with Crippen LogP contribution in [-0.4, -0.2) is 28.3 Å². The lowest BCUT2D eigenvalue weighted by atomic mass is 9.99. The molecular formula is C22H22F3N4OP. The molecule has 1 aliphatic rings. The van der Waals surface area contributed by atoms with Gasteiger partial charge in [-0.2, -0.15) is 13.2 Å². The van der Waals surface area contributed by atoms with Crippen molar-refractivity contribution in [3.63, 3.8) is 0 Å². The lowest BCUT2D eigenvalue weighted by molar-refractivity contribution is -0.135. The van der Waals surface area contributed by atoms with Crippen molar-refractivity contribution in [3.05, 3.63) is 59.6 Å². The summed E-state index contributed by atoms with van der Waals surface area (Å²) in [4.78, 5) is 12.9. The first-order chi connectivity index (χ1) is 14.6. The number of nitrogens with one attached hydrogen (secondary N) is 1. The Morgan fingerprint density at radius 1 is 1.10 bits per heavy atom. The van der Waals surface area contributed by atoms with Gasteiger partial charge in [0, 0.05) is 29.2 Å². The molecule has 0 aliphatic carbocycles. The molecule has 0 fully saturated rings. The molecule has 0 radical (unpaired) electrons. The van der Waals surface area contributed by atoms with Crippen LogP contribution in [0.4, 0.5) is 19.0 Å². The number of aryl methyl sites for hydroxylation is 2. The Balaban J connectivity index is 2.02. The third-order valence-electron chi connectivity index (χ3n) is 5.32. The third kappa shape index (κ3) is 4.22. The number of benzene rings is 1. The number of alkyl halides is 3. The molecular weight excluding hydrogens is 424 g/mol. The van der Waals surface area contributed by atoms with Crippen LogP contribution in [0.25, 0.3) is 16.7 Å². The average Bonchev–Trinajstić information content (AvgIpc) is 2.70. The van der Waals surface area contributed by atoms with Crippen LogP contribution in [0.1, 0.15) is 35.4 Å². The molecule has 0 saturated heterocycles. The van der Waals surface area contributed by atoms with Crippen molar-refractivity contribution in [2.45, 2.75) is 31.9 Å². The number of pyridine rings is 1. The minimum Gasteiger partial charge on any atom is -0.340 e. The molecule has 0 unspecified atom stereocenters. The number of fused-ring (bicyclic) bond motifs is 5. The zero-order chi connectivity index (χ0) is 22.4. The van der Waals surface area contributed by atoms with E-state index in [-0.39, 0.29) is 22.2 Å². The van der Waals surface area contributed by atoms with Crippen molar-refractivity contribution < 1.29 is 17.7 Å². The number of aromatic nitrogens is 3. The van der Waals surface area contributed by atoms with E-state index >= 15 is 0 Å². The molecule has 0 saturated carbocycles. The van der Waals surface area contributed by atoms with E-state index in [9.17, 15) is 17.7 Å². The first-order valence-electron chi connectivity index (χ1n) is 9.92. The topological polar surface area (TPSA) is 67.8 Å². The van der Waals surface area contributed by atoms with Gasteiger partial charge < -0.3 is 9.88 Å². The highest BCUT2D eigenvalue weighted by molar-refractivity contribution is 7.70. The summed E-state index contributed by atoms with van der Waals surface area (Å²) < 4.78 is 55.3. The smallest absolute Gasteiger partial charge is 0.340 e. The van der Waals surface area contributed by atoms with Crippen LogP contribution in [0.3, 0.4) is 0 Å². The van der Waals surface area contributed by atoms with E-state index in [0.717, 1.165) is 36.6 Å². The molecule has 2 bridgehead atoms. The molecule has 162 valence electrons. The molecule has 3 heterocycles. The molecule has 1 aliphatic heterocycles. The summed E-state index contributed by atoms with van der Waals surface area (Å²) in [6.07, 6.45) is -0.714. The standard InChI is InChI=1S/C22H22F3N4OP/c1-13-15-10-6-4-8-14(15)9-5-7-11-17-28-20-18(21(27-13)29-17)19(22(23,24)25)16(12-26-20)31(2,3)30/h4,6,8,10,12H,1,5,7,9,11H2,2-3H3,(H,26,27,28,29). The quantitative estimate of drug-likeness (QED) is 0.517. The average molecular weight is 446 g/mol. The van der Waals surface area contributed by atoms with Gasteiger partial charge >= 0.3 is 6.18 Å². The molecule has 1 N–H and O–H groups in total. The highest BCUT2D eigenvalue weighted by Crippen LogP contribution is 2.44. The molecule has 0 spiro atoms. The summed E-state index contributed by atoms with van der Waals surface area (Å²) in [7, 11) is -3.28. The summed E-state index contributed by atoms with van der Waals surface area (Å²) in [5, 5.41) is 2.38. The Labute approximate surface area is 178 Å². The van der Waals surface area contributed by atoms with Crippen molar-refractivity contribution in [2.75, 3.05) is 18.6 Å². The van der Waals surface area contributed by atoms with Gasteiger partial charge in [0.15, 0.2) is 5.65 Å². The molecule has 31 heavy (non-hydrogen) atoms. The van der Waals surface area contributed by atoms with Gasteiger partial charge in [0.25, 0.3) is 0 Å². The fraction of sp³-hybridized carbons (Fsp3) is 0.318. The summed E-state index contributed by atoms with van der Waals surface area (Å²) in [5.41, 5.74) is 1.26. The maximum Gasteiger partial charge on any atom is 0.418 e. The van der Waals surface area contributed by atoms with Gasteiger partial charge in [0.2, 0.25) is 0 Å². The number of halogens is 3. The summed E-state index contributed by atoms with van der Waals surface area (Å²) >= 11 is 0. The van der Waals surface area contributed by atoms with E-state index in [4.69, 9.17) is 0 Å². The van der Waals surface area contributed by atoms with E-state index < -0.39 is 18.9 Å². The Hall–Kier alpha value is -2.73. The van der Waals surface area contributed by atoms with Gasteiger partial charge in [-0.15, -0.1) is 0 Å². The molecule has 3 aromatic rings. The zero-order valence-corrected chi connectivity index (χ0v) is 18.1. The van der Waals surface area contributed by atoms with Gasteiger partial charge in [-0.25, -0.2) is 15.0 Å².